The maximum Gasteiger partial charge on any atom is 0.236 e. The van der Waals surface area contributed by atoms with Crippen LogP contribution in [0.15, 0.2) is 16.7 Å². The van der Waals surface area contributed by atoms with Crippen LogP contribution in [-0.2, 0) is 11.8 Å². The van der Waals surface area contributed by atoms with E-state index in [4.69, 9.17) is 0 Å². The fourth-order valence-electron chi connectivity index (χ4n) is 2.74. The van der Waals surface area contributed by atoms with Crippen molar-refractivity contribution in [1.29, 1.82) is 0 Å². The average molecular weight is 337 g/mol. The summed E-state index contributed by atoms with van der Waals surface area (Å²) in [5.74, 6) is 1.82. The lowest BCUT2D eigenvalue weighted by Gasteiger charge is -2.20. The van der Waals surface area contributed by atoms with Crippen molar-refractivity contribution in [2.24, 2.45) is 7.05 Å². The smallest absolute Gasteiger partial charge is 0.236 e. The summed E-state index contributed by atoms with van der Waals surface area (Å²) in [5.41, 5.74) is 0. The maximum atomic E-state index is 11.9. The number of carbonyl (C=O) groups excluding carboxylic acids is 1. The quantitative estimate of drug-likeness (QED) is 0.849. The van der Waals surface area contributed by atoms with E-state index in [1.165, 1.54) is 55.2 Å². The molecule has 0 unspecified atom stereocenters. The van der Waals surface area contributed by atoms with Crippen LogP contribution in [0.4, 0.5) is 5.13 Å². The second-order valence-corrected chi connectivity index (χ2v) is 7.25. The van der Waals surface area contributed by atoms with Crippen LogP contribution in [0.25, 0.3) is 0 Å². The molecule has 8 heteroatoms. The van der Waals surface area contributed by atoms with E-state index in [0.717, 1.165) is 11.0 Å². The molecule has 1 aliphatic rings. The minimum atomic E-state index is -0.0674. The number of rotatable bonds is 5. The van der Waals surface area contributed by atoms with Crippen LogP contribution in [0.3, 0.4) is 0 Å². The van der Waals surface area contributed by atoms with Gasteiger partial charge in [-0.3, -0.25) is 4.79 Å². The van der Waals surface area contributed by atoms with Gasteiger partial charge in [0.15, 0.2) is 10.3 Å². The number of carbonyl (C=O) groups is 1. The largest absolute Gasteiger partial charge is 0.309 e. The van der Waals surface area contributed by atoms with Gasteiger partial charge in [-0.25, -0.2) is 4.98 Å². The lowest BCUT2D eigenvalue weighted by molar-refractivity contribution is -0.113. The Hall–Kier alpha value is -1.41. The Morgan fingerprint density at radius 3 is 2.95 bits per heavy atom. The van der Waals surface area contributed by atoms with Gasteiger partial charge in [-0.2, -0.15) is 0 Å². The summed E-state index contributed by atoms with van der Waals surface area (Å²) < 4.78 is 2.04. The first-order valence-electron chi connectivity index (χ1n) is 7.45. The molecule has 0 saturated heterocycles. The first kappa shape index (κ1) is 15.5. The first-order chi connectivity index (χ1) is 10.7. The van der Waals surface area contributed by atoms with Gasteiger partial charge in [0.1, 0.15) is 5.82 Å². The highest BCUT2D eigenvalue weighted by Gasteiger charge is 2.22. The van der Waals surface area contributed by atoms with Gasteiger partial charge in [0.2, 0.25) is 5.91 Å². The Morgan fingerprint density at radius 2 is 2.23 bits per heavy atom. The van der Waals surface area contributed by atoms with Crippen molar-refractivity contribution in [2.45, 2.75) is 43.2 Å². The molecule has 2 heterocycles. The summed E-state index contributed by atoms with van der Waals surface area (Å²) in [7, 11) is 1.99. The van der Waals surface area contributed by atoms with Crippen molar-refractivity contribution >= 4 is 34.1 Å². The van der Waals surface area contributed by atoms with E-state index in [-0.39, 0.29) is 5.91 Å². The summed E-state index contributed by atoms with van der Waals surface area (Å²) in [6.45, 7) is 0. The fourth-order valence-corrected chi connectivity index (χ4v) is 4.00. The van der Waals surface area contributed by atoms with Gasteiger partial charge in [-0.05, 0) is 12.8 Å². The van der Waals surface area contributed by atoms with Crippen molar-refractivity contribution in [1.82, 2.24) is 19.7 Å². The fraction of sp³-hybridized carbons (Fsp3) is 0.571. The molecule has 2 aromatic rings. The zero-order valence-corrected chi connectivity index (χ0v) is 14.1. The third kappa shape index (κ3) is 3.67. The predicted molar refractivity (Wildman–Crippen MR) is 88.3 cm³/mol. The van der Waals surface area contributed by atoms with Crippen LogP contribution in [-0.4, -0.2) is 31.4 Å². The zero-order chi connectivity index (χ0) is 15.4. The number of amides is 1. The number of thioether (sulfide) groups is 1. The van der Waals surface area contributed by atoms with Crippen LogP contribution in [0.5, 0.6) is 0 Å². The molecule has 6 nitrogen and oxygen atoms in total. The molecule has 0 radical (unpaired) electrons. The van der Waals surface area contributed by atoms with Crippen molar-refractivity contribution < 1.29 is 4.79 Å². The van der Waals surface area contributed by atoms with Crippen molar-refractivity contribution in [3.05, 3.63) is 17.4 Å². The number of nitrogens with one attached hydrogen (secondary N) is 1. The molecule has 1 amide bonds. The highest BCUT2D eigenvalue weighted by molar-refractivity contribution is 7.99. The molecule has 2 aromatic heterocycles. The lowest BCUT2D eigenvalue weighted by atomic mass is 9.89. The predicted octanol–water partition coefficient (Wildman–Crippen LogP) is 3.05. The number of nitrogens with zero attached hydrogens (tertiary/aromatic N) is 4. The molecule has 1 N–H and O–H groups in total. The lowest BCUT2D eigenvalue weighted by Crippen LogP contribution is -2.14. The zero-order valence-electron chi connectivity index (χ0n) is 12.5. The van der Waals surface area contributed by atoms with Crippen LogP contribution < -0.4 is 5.32 Å². The Bertz CT molecular complexity index is 619. The molecular weight excluding hydrogens is 318 g/mol. The third-order valence-electron chi connectivity index (χ3n) is 3.85. The molecule has 0 aliphatic heterocycles. The number of anilines is 1. The van der Waals surface area contributed by atoms with E-state index in [0.29, 0.717) is 16.8 Å². The monoisotopic (exact) mass is 337 g/mol. The minimum absolute atomic E-state index is 0.0674. The highest BCUT2D eigenvalue weighted by atomic mass is 32.2. The van der Waals surface area contributed by atoms with E-state index in [1.807, 2.05) is 17.0 Å². The third-order valence-corrected chi connectivity index (χ3v) is 5.56. The Morgan fingerprint density at radius 1 is 1.41 bits per heavy atom. The summed E-state index contributed by atoms with van der Waals surface area (Å²) in [5, 5.41) is 14.6. The molecule has 0 bridgehead atoms. The van der Waals surface area contributed by atoms with E-state index in [2.05, 4.69) is 20.5 Å². The van der Waals surface area contributed by atoms with Crippen LogP contribution in [0.2, 0.25) is 0 Å². The van der Waals surface area contributed by atoms with Gasteiger partial charge in [-0.15, -0.1) is 21.5 Å². The number of aromatic nitrogens is 4. The molecule has 1 aliphatic carbocycles. The van der Waals surface area contributed by atoms with Crippen molar-refractivity contribution in [3.8, 4) is 0 Å². The Labute approximate surface area is 137 Å². The van der Waals surface area contributed by atoms with Gasteiger partial charge in [0.05, 0.1) is 5.75 Å². The Kier molecular flexibility index (Phi) is 5.09. The maximum absolute atomic E-state index is 11.9. The normalized spacial score (nSPS) is 15.9. The molecule has 22 heavy (non-hydrogen) atoms. The number of hydrogen-bond acceptors (Lipinski definition) is 6. The van der Waals surface area contributed by atoms with E-state index >= 15 is 0 Å². The highest BCUT2D eigenvalue weighted by Crippen LogP contribution is 2.32. The van der Waals surface area contributed by atoms with Gasteiger partial charge < -0.3 is 9.88 Å². The second-order valence-electron chi connectivity index (χ2n) is 5.41. The van der Waals surface area contributed by atoms with Crippen LogP contribution >= 0.6 is 23.1 Å². The summed E-state index contributed by atoms with van der Waals surface area (Å²) in [6, 6.07) is 0. The summed E-state index contributed by atoms with van der Waals surface area (Å²) in [4.78, 5) is 15.9. The average Bonchev–Trinajstić information content (AvgIpc) is 3.16. The van der Waals surface area contributed by atoms with E-state index < -0.39 is 0 Å². The van der Waals surface area contributed by atoms with E-state index in [1.54, 1.807) is 6.20 Å². The molecule has 1 saturated carbocycles. The Balaban J connectivity index is 1.56. The SMILES string of the molecule is Cn1c(SCC(=O)Nc2nccs2)nnc1C1CCCCC1. The van der Waals surface area contributed by atoms with Crippen LogP contribution in [0.1, 0.15) is 43.8 Å². The summed E-state index contributed by atoms with van der Waals surface area (Å²) in [6.07, 6.45) is 7.94. The number of thiazole rings is 1. The molecule has 118 valence electrons. The van der Waals surface area contributed by atoms with Gasteiger partial charge in [0.25, 0.3) is 0 Å². The number of hydrogen-bond donors (Lipinski definition) is 1. The van der Waals surface area contributed by atoms with Crippen LogP contribution in [0, 0.1) is 0 Å². The molecule has 1 fully saturated rings. The van der Waals surface area contributed by atoms with E-state index in [9.17, 15) is 4.79 Å². The first-order valence-corrected chi connectivity index (χ1v) is 9.32. The molecular formula is C14H19N5OS2. The second kappa shape index (κ2) is 7.23. The minimum Gasteiger partial charge on any atom is -0.309 e. The summed E-state index contributed by atoms with van der Waals surface area (Å²) >= 11 is 2.83. The molecule has 0 atom stereocenters. The molecule has 0 aromatic carbocycles. The van der Waals surface area contributed by atoms with Crippen molar-refractivity contribution in [3.63, 3.8) is 0 Å². The molecule has 0 spiro atoms. The van der Waals surface area contributed by atoms with Gasteiger partial charge in [-0.1, -0.05) is 31.0 Å². The topological polar surface area (TPSA) is 72.7 Å². The van der Waals surface area contributed by atoms with Gasteiger partial charge in [0, 0.05) is 24.5 Å². The standard InChI is InChI=1S/C14H19N5OS2/c1-19-12(10-5-3-2-4-6-10)17-18-14(19)22-9-11(20)16-13-15-7-8-21-13/h7-8,10H,2-6,9H2,1H3,(H,15,16,20). The van der Waals surface area contributed by atoms with Gasteiger partial charge >= 0.3 is 0 Å². The molecule has 3 rings (SSSR count). The van der Waals surface area contributed by atoms with Crippen molar-refractivity contribution in [2.75, 3.05) is 11.1 Å².